The van der Waals surface area contributed by atoms with E-state index in [4.69, 9.17) is 42.6 Å². The highest BCUT2D eigenvalue weighted by Gasteiger charge is 2.85. The Balaban J connectivity index is 1.06. The SMILES string of the molecule is CC(=O)O[C@@H]1[C@@H](O[C@@H]2O[C@@H](C)[C@H](O)[C@@H](O)[C@H]2O)[C@H](O[C@H]2CC[C@]34C[C@]35CC[C@]3(C)[C@@H]([C@]6(C)CC[C@@H](C(C)(C)O)O6)[C@@H](O)C[C@@]3(C)[C@@H]5C[C@H](O[C@@H]3O[C@H](CO)[C@@H](O)[C@H](O)[C@H]3O)[C@@H]4C2(C)C)OC[C@H]1OC(C)=O. The molecule has 9 rings (SSSR count). The minimum absolute atomic E-state index is 0.00299. The van der Waals surface area contributed by atoms with Crippen molar-refractivity contribution < 1.29 is 98.2 Å². The topological polar surface area (TPSA) is 299 Å². The molecule has 20 heteroatoms. The zero-order valence-electron chi connectivity index (χ0n) is 42.9. The molecule has 0 unspecified atom stereocenters. The van der Waals surface area contributed by atoms with Crippen LogP contribution in [-0.4, -0.2) is 193 Å². The van der Waals surface area contributed by atoms with Crippen molar-refractivity contribution in [3.05, 3.63) is 0 Å². The lowest BCUT2D eigenvalue weighted by Gasteiger charge is -2.65. The quantitative estimate of drug-likeness (QED) is 0.102. The molecule has 4 aliphatic heterocycles. The molecule has 9 N–H and O–H groups in total. The first kappa shape index (κ1) is 54.1. The molecule has 406 valence electrons. The molecule has 0 radical (unpaired) electrons. The number of fused-ring (bicyclic) bond motifs is 2. The predicted molar refractivity (Wildman–Crippen MR) is 244 cm³/mol. The van der Waals surface area contributed by atoms with Crippen molar-refractivity contribution in [2.75, 3.05) is 13.2 Å². The summed E-state index contributed by atoms with van der Waals surface area (Å²) in [5, 5.41) is 99.3. The van der Waals surface area contributed by atoms with Gasteiger partial charge in [-0.05, 0) is 124 Å². The molecule has 5 aliphatic carbocycles. The number of carbonyl (C=O) groups excluding carboxylic acids is 2. The Hall–Kier alpha value is -1.70. The molecule has 20 nitrogen and oxygen atoms in total. The smallest absolute Gasteiger partial charge is 0.303 e. The van der Waals surface area contributed by atoms with Crippen molar-refractivity contribution in [2.24, 2.45) is 44.8 Å². The van der Waals surface area contributed by atoms with Gasteiger partial charge in [-0.1, -0.05) is 27.7 Å². The second-order valence-electron chi connectivity index (χ2n) is 25.0. The number of carbonyl (C=O) groups is 2. The van der Waals surface area contributed by atoms with Crippen LogP contribution in [-0.2, 0) is 52.2 Å². The summed E-state index contributed by atoms with van der Waals surface area (Å²) in [5.41, 5.74) is -3.92. The maximum absolute atomic E-state index is 12.7. The first-order valence-electron chi connectivity index (χ1n) is 26.0. The van der Waals surface area contributed by atoms with Gasteiger partial charge in [0.25, 0.3) is 0 Å². The lowest BCUT2D eigenvalue weighted by molar-refractivity contribution is -0.367. The summed E-state index contributed by atoms with van der Waals surface area (Å²) in [5.74, 6) is -1.96. The van der Waals surface area contributed by atoms with Gasteiger partial charge in [0.05, 0.1) is 54.9 Å². The monoisotopic (exact) mass is 1010 g/mol. The van der Waals surface area contributed by atoms with E-state index in [9.17, 15) is 55.5 Å². The van der Waals surface area contributed by atoms with E-state index in [0.717, 1.165) is 19.3 Å². The Morgan fingerprint density at radius 2 is 1.32 bits per heavy atom. The average Bonchev–Trinajstić information content (AvgIpc) is 3.64. The van der Waals surface area contributed by atoms with Crippen LogP contribution in [0.2, 0.25) is 0 Å². The van der Waals surface area contributed by atoms with Gasteiger partial charge in [-0.25, -0.2) is 0 Å². The number of esters is 2. The Morgan fingerprint density at radius 1 is 0.676 bits per heavy atom. The maximum Gasteiger partial charge on any atom is 0.303 e. The van der Waals surface area contributed by atoms with Crippen LogP contribution >= 0.6 is 0 Å². The number of aliphatic hydroxyl groups excluding tert-OH is 8. The second-order valence-corrected chi connectivity index (χ2v) is 25.0. The van der Waals surface area contributed by atoms with Crippen molar-refractivity contribution >= 4 is 11.9 Å². The molecule has 2 spiro atoms. The fraction of sp³-hybridized carbons (Fsp3) is 0.961. The highest BCUT2D eigenvalue weighted by Crippen LogP contribution is 2.89. The van der Waals surface area contributed by atoms with Crippen molar-refractivity contribution in [2.45, 2.75) is 249 Å². The van der Waals surface area contributed by atoms with Gasteiger partial charge < -0.3 is 88.6 Å². The lowest BCUT2D eigenvalue weighted by Crippen LogP contribution is -2.66. The van der Waals surface area contributed by atoms with E-state index in [1.165, 1.54) is 20.8 Å². The molecule has 0 bridgehead atoms. The van der Waals surface area contributed by atoms with Crippen LogP contribution in [0.5, 0.6) is 0 Å². The number of aliphatic hydroxyl groups is 9. The van der Waals surface area contributed by atoms with Crippen molar-refractivity contribution in [3.63, 3.8) is 0 Å². The molecule has 0 aromatic heterocycles. The molecular weight excluding hydrogens is 933 g/mol. The normalized spacial score (nSPS) is 54.5. The highest BCUT2D eigenvalue weighted by molar-refractivity contribution is 5.67. The third kappa shape index (κ3) is 8.47. The number of ether oxygens (including phenoxy) is 9. The molecule has 4 heterocycles. The van der Waals surface area contributed by atoms with Crippen LogP contribution < -0.4 is 0 Å². The van der Waals surface area contributed by atoms with Gasteiger partial charge in [0.1, 0.15) is 42.7 Å². The molecule has 9 aliphatic rings. The van der Waals surface area contributed by atoms with E-state index in [2.05, 4.69) is 34.6 Å². The highest BCUT2D eigenvalue weighted by atomic mass is 16.8. The summed E-state index contributed by atoms with van der Waals surface area (Å²) < 4.78 is 56.8. The molecule has 9 fully saturated rings. The summed E-state index contributed by atoms with van der Waals surface area (Å²) in [4.78, 5) is 25.1. The minimum atomic E-state index is -1.75. The second kappa shape index (κ2) is 18.5. The third-order valence-electron chi connectivity index (χ3n) is 20.3. The molecule has 5 saturated carbocycles. The van der Waals surface area contributed by atoms with Crippen LogP contribution in [0.25, 0.3) is 0 Å². The fourth-order valence-corrected chi connectivity index (χ4v) is 16.9. The largest absolute Gasteiger partial charge is 0.456 e. The molecule has 26 atom stereocenters. The van der Waals surface area contributed by atoms with Crippen LogP contribution in [0.3, 0.4) is 0 Å². The van der Waals surface area contributed by atoms with E-state index < -0.39 is 150 Å². The number of rotatable bonds is 11. The summed E-state index contributed by atoms with van der Waals surface area (Å²) in [6.45, 7) is 17.3. The van der Waals surface area contributed by atoms with E-state index in [1.807, 2.05) is 0 Å². The summed E-state index contributed by atoms with van der Waals surface area (Å²) in [7, 11) is 0. The molecule has 0 aromatic rings. The zero-order chi connectivity index (χ0) is 51.9. The molecular formula is C51H82O20. The molecule has 0 amide bonds. The van der Waals surface area contributed by atoms with Crippen LogP contribution in [0.15, 0.2) is 0 Å². The van der Waals surface area contributed by atoms with Crippen molar-refractivity contribution in [1.82, 2.24) is 0 Å². The summed E-state index contributed by atoms with van der Waals surface area (Å²) in [6.07, 6.45) is -16.6. The standard InChI is InChI=1S/C51H82O20/c1-22-32(56)34(58)36(60)42(64-22)70-39-38(66-24(3)54)28(65-23(2)53)20-63-44(39)69-30-12-14-51-21-50(51)16-15-47(8)40(49(10)13-11-31(71-49)46(6,7)62)25(55)18-48(47,9)29(50)17-26(41(51)45(30,4)5)67-43-37(61)35(59)33(57)27(19-52)68-43/h22,25-44,52,55-62H,11-21H2,1-10H3/t22-,25-,26-,27+,28+,29-,30-,31-,32-,33+,34+,35-,36+,37+,38-,39+,40-,41+,42-,43+,44-,47+,48-,49-,50-,51+/m0/s1. The molecule has 0 aromatic carbocycles. The van der Waals surface area contributed by atoms with Crippen LogP contribution in [0.4, 0.5) is 0 Å². The van der Waals surface area contributed by atoms with Crippen molar-refractivity contribution in [3.8, 4) is 0 Å². The lowest BCUT2D eigenvalue weighted by atomic mass is 9.41. The Bertz CT molecular complexity index is 1980. The average molecular weight is 1020 g/mol. The zero-order valence-corrected chi connectivity index (χ0v) is 42.9. The van der Waals surface area contributed by atoms with E-state index in [1.54, 1.807) is 13.8 Å². The predicted octanol–water partition coefficient (Wildman–Crippen LogP) is 0.718. The van der Waals surface area contributed by atoms with Crippen molar-refractivity contribution in [1.29, 1.82) is 0 Å². The summed E-state index contributed by atoms with van der Waals surface area (Å²) >= 11 is 0. The third-order valence-corrected chi connectivity index (χ3v) is 20.3. The van der Waals surface area contributed by atoms with Gasteiger partial charge in [0.15, 0.2) is 37.2 Å². The first-order valence-corrected chi connectivity index (χ1v) is 26.0. The van der Waals surface area contributed by atoms with Gasteiger partial charge >= 0.3 is 11.9 Å². The van der Waals surface area contributed by atoms with Gasteiger partial charge in [0.2, 0.25) is 0 Å². The van der Waals surface area contributed by atoms with Gasteiger partial charge in [0, 0.05) is 19.8 Å². The minimum Gasteiger partial charge on any atom is -0.456 e. The molecule has 71 heavy (non-hydrogen) atoms. The van der Waals surface area contributed by atoms with E-state index in [-0.39, 0.29) is 41.3 Å². The van der Waals surface area contributed by atoms with Crippen LogP contribution in [0, 0.1) is 44.8 Å². The Morgan fingerprint density at radius 3 is 1.94 bits per heavy atom. The summed E-state index contributed by atoms with van der Waals surface area (Å²) in [6, 6.07) is 0. The first-order chi connectivity index (χ1) is 33.0. The van der Waals surface area contributed by atoms with Gasteiger partial charge in [-0.2, -0.15) is 0 Å². The van der Waals surface area contributed by atoms with Crippen LogP contribution in [0.1, 0.15) is 127 Å². The van der Waals surface area contributed by atoms with Gasteiger partial charge in [-0.15, -0.1) is 0 Å². The van der Waals surface area contributed by atoms with Gasteiger partial charge in [-0.3, -0.25) is 9.59 Å². The number of hydrogen-bond acceptors (Lipinski definition) is 20. The maximum atomic E-state index is 12.7. The van der Waals surface area contributed by atoms with E-state index in [0.29, 0.717) is 38.5 Å². The van der Waals surface area contributed by atoms with E-state index >= 15 is 0 Å². The Labute approximate surface area is 415 Å². The Kier molecular flexibility index (Phi) is 14.1. The molecule has 4 saturated heterocycles. The fourth-order valence-electron chi connectivity index (χ4n) is 16.9. The number of hydrogen-bond donors (Lipinski definition) is 9.